The van der Waals surface area contributed by atoms with Crippen LogP contribution in [0.5, 0.6) is 0 Å². The van der Waals surface area contributed by atoms with E-state index >= 15 is 0 Å². The predicted molar refractivity (Wildman–Crippen MR) is 116 cm³/mol. The maximum Gasteiger partial charge on any atom is 0.123 e. The third-order valence-electron chi connectivity index (χ3n) is 4.32. The fourth-order valence-corrected chi connectivity index (χ4v) is 2.81. The van der Waals surface area contributed by atoms with E-state index in [0.29, 0.717) is 0 Å². The van der Waals surface area contributed by atoms with E-state index in [4.69, 9.17) is 5.73 Å². The van der Waals surface area contributed by atoms with Crippen molar-refractivity contribution in [1.29, 1.82) is 0 Å². The van der Waals surface area contributed by atoms with Gasteiger partial charge in [0, 0.05) is 12.6 Å². The van der Waals surface area contributed by atoms with Crippen LogP contribution in [0.1, 0.15) is 23.6 Å². The summed E-state index contributed by atoms with van der Waals surface area (Å²) in [6.45, 7) is 1.63. The second-order valence-corrected chi connectivity index (χ2v) is 6.19. The third kappa shape index (κ3) is 6.96. The molecule has 1 atom stereocenters. The Morgan fingerprint density at radius 2 is 1.37 bits per heavy atom. The van der Waals surface area contributed by atoms with Crippen LogP contribution >= 0.6 is 24.8 Å². The van der Waals surface area contributed by atoms with Crippen molar-refractivity contribution in [2.24, 2.45) is 5.73 Å². The minimum absolute atomic E-state index is 0. The number of hydrogen-bond acceptors (Lipinski definition) is 2. The summed E-state index contributed by atoms with van der Waals surface area (Å²) in [5.74, 6) is -0.229. The molecule has 3 aromatic carbocycles. The highest BCUT2D eigenvalue weighted by Gasteiger charge is 2.05. The molecule has 0 saturated carbocycles. The first-order chi connectivity index (χ1) is 12.2. The van der Waals surface area contributed by atoms with Gasteiger partial charge in [0.05, 0.1) is 0 Å². The summed E-state index contributed by atoms with van der Waals surface area (Å²) in [5, 5.41) is 3.42. The lowest BCUT2D eigenvalue weighted by Gasteiger charge is -2.13. The number of benzene rings is 3. The van der Waals surface area contributed by atoms with Crippen molar-refractivity contribution in [3.05, 3.63) is 95.8 Å². The van der Waals surface area contributed by atoms with Crippen LogP contribution in [0.2, 0.25) is 0 Å². The fraction of sp³-hybridized carbons (Fsp3) is 0.182. The summed E-state index contributed by atoms with van der Waals surface area (Å²) in [6.07, 6.45) is 0.813. The molecular weight excluding hydrogens is 382 g/mol. The van der Waals surface area contributed by atoms with Gasteiger partial charge in [-0.15, -0.1) is 24.8 Å². The second kappa shape index (κ2) is 11.7. The average molecular weight is 407 g/mol. The molecule has 2 nitrogen and oxygen atoms in total. The Morgan fingerprint density at radius 3 is 2.00 bits per heavy atom. The topological polar surface area (TPSA) is 38.0 Å². The quantitative estimate of drug-likeness (QED) is 0.507. The van der Waals surface area contributed by atoms with Gasteiger partial charge in [0.2, 0.25) is 0 Å². The van der Waals surface area contributed by atoms with E-state index in [0.717, 1.165) is 25.1 Å². The molecule has 0 heterocycles. The predicted octanol–water partition coefficient (Wildman–Crippen LogP) is 5.52. The van der Waals surface area contributed by atoms with Gasteiger partial charge in [0.1, 0.15) is 5.82 Å². The van der Waals surface area contributed by atoms with Crippen molar-refractivity contribution in [3.8, 4) is 11.1 Å². The van der Waals surface area contributed by atoms with Crippen molar-refractivity contribution in [1.82, 2.24) is 5.32 Å². The summed E-state index contributed by atoms with van der Waals surface area (Å²) in [6, 6.07) is 25.3. The molecule has 0 fully saturated rings. The minimum atomic E-state index is -0.229. The average Bonchev–Trinajstić information content (AvgIpc) is 2.67. The van der Waals surface area contributed by atoms with Crippen LogP contribution in [0, 0.1) is 5.82 Å². The molecule has 3 rings (SSSR count). The summed E-state index contributed by atoms with van der Waals surface area (Å²) in [5.41, 5.74) is 10.8. The van der Waals surface area contributed by atoms with Gasteiger partial charge in [-0.2, -0.15) is 0 Å². The number of nitrogens with two attached hydrogens (primary N) is 1. The maximum absolute atomic E-state index is 12.9. The van der Waals surface area contributed by atoms with Crippen LogP contribution in [0.3, 0.4) is 0 Å². The Labute approximate surface area is 172 Å². The van der Waals surface area contributed by atoms with Crippen LogP contribution < -0.4 is 11.1 Å². The van der Waals surface area contributed by atoms with Gasteiger partial charge in [-0.25, -0.2) is 4.39 Å². The molecule has 3 N–H and O–H groups in total. The largest absolute Gasteiger partial charge is 0.324 e. The zero-order valence-electron chi connectivity index (χ0n) is 15.0. The Hall–Kier alpha value is -1.91. The summed E-state index contributed by atoms with van der Waals surface area (Å²) < 4.78 is 12.9. The maximum atomic E-state index is 12.9. The van der Waals surface area contributed by atoms with Gasteiger partial charge in [0.25, 0.3) is 0 Å². The number of nitrogens with one attached hydrogen (secondary N) is 1. The van der Waals surface area contributed by atoms with Gasteiger partial charge in [-0.1, -0.05) is 66.7 Å². The van der Waals surface area contributed by atoms with Crippen LogP contribution in [0.4, 0.5) is 4.39 Å². The van der Waals surface area contributed by atoms with Crippen molar-refractivity contribution in [2.75, 3.05) is 6.54 Å². The Kier molecular flexibility index (Phi) is 10.0. The molecule has 0 amide bonds. The van der Waals surface area contributed by atoms with E-state index in [1.165, 1.54) is 28.8 Å². The normalized spacial score (nSPS) is 11.2. The smallest absolute Gasteiger partial charge is 0.123 e. The lowest BCUT2D eigenvalue weighted by atomic mass is 10.0. The zero-order chi connectivity index (χ0) is 17.5. The van der Waals surface area contributed by atoms with Crippen LogP contribution in [0.25, 0.3) is 11.1 Å². The molecule has 0 radical (unpaired) electrons. The highest BCUT2D eigenvalue weighted by atomic mass is 35.5. The number of hydrogen-bond donors (Lipinski definition) is 2. The minimum Gasteiger partial charge on any atom is -0.324 e. The number of halogens is 3. The van der Waals surface area contributed by atoms with Gasteiger partial charge in [-0.3, -0.25) is 0 Å². The molecule has 3 aromatic rings. The molecule has 1 unspecified atom stereocenters. The molecule has 144 valence electrons. The van der Waals surface area contributed by atoms with Gasteiger partial charge in [-0.05, 0) is 47.4 Å². The second-order valence-electron chi connectivity index (χ2n) is 6.19. The summed E-state index contributed by atoms with van der Waals surface area (Å²) in [7, 11) is 0. The fourth-order valence-electron chi connectivity index (χ4n) is 2.81. The molecule has 0 aliphatic carbocycles. The van der Waals surface area contributed by atoms with Crippen molar-refractivity contribution >= 4 is 24.8 Å². The molecule has 0 aliphatic heterocycles. The zero-order valence-corrected chi connectivity index (χ0v) is 16.6. The standard InChI is InChI=1S/C22H23FN2.2ClH/c23-21-12-10-20(11-13-21)22(24)14-15-25-16-17-6-8-19(9-7-17)18-4-2-1-3-5-18;;/h1-13,22,25H,14-16,24H2;2*1H. The van der Waals surface area contributed by atoms with Crippen LogP contribution in [0.15, 0.2) is 78.9 Å². The van der Waals surface area contributed by atoms with Crippen LogP contribution in [-0.2, 0) is 6.54 Å². The molecule has 5 heteroatoms. The van der Waals surface area contributed by atoms with E-state index in [1.807, 2.05) is 6.07 Å². The lowest BCUT2D eigenvalue weighted by molar-refractivity contribution is 0.577. The van der Waals surface area contributed by atoms with Crippen molar-refractivity contribution < 1.29 is 4.39 Å². The van der Waals surface area contributed by atoms with E-state index < -0.39 is 0 Å². The first-order valence-electron chi connectivity index (χ1n) is 8.58. The highest BCUT2D eigenvalue weighted by molar-refractivity contribution is 5.85. The van der Waals surface area contributed by atoms with Crippen molar-refractivity contribution in [3.63, 3.8) is 0 Å². The SMILES string of the molecule is Cl.Cl.NC(CCNCc1ccc(-c2ccccc2)cc1)c1ccc(F)cc1. The van der Waals surface area contributed by atoms with E-state index in [1.54, 1.807) is 12.1 Å². The molecule has 0 aromatic heterocycles. The third-order valence-corrected chi connectivity index (χ3v) is 4.32. The summed E-state index contributed by atoms with van der Waals surface area (Å²) >= 11 is 0. The Balaban J connectivity index is 0.00000182. The molecule has 27 heavy (non-hydrogen) atoms. The van der Waals surface area contributed by atoms with Crippen LogP contribution in [-0.4, -0.2) is 6.54 Å². The first-order valence-corrected chi connectivity index (χ1v) is 8.58. The Bertz CT molecular complexity index is 778. The molecule has 0 saturated heterocycles. The Morgan fingerprint density at radius 1 is 0.778 bits per heavy atom. The first kappa shape index (κ1) is 23.1. The van der Waals surface area contributed by atoms with E-state index in [2.05, 4.69) is 53.8 Å². The van der Waals surface area contributed by atoms with E-state index in [9.17, 15) is 4.39 Å². The lowest BCUT2D eigenvalue weighted by Crippen LogP contribution is -2.20. The van der Waals surface area contributed by atoms with Gasteiger partial charge < -0.3 is 11.1 Å². The summed E-state index contributed by atoms with van der Waals surface area (Å²) in [4.78, 5) is 0. The van der Waals surface area contributed by atoms with Crippen molar-refractivity contribution in [2.45, 2.75) is 19.0 Å². The monoisotopic (exact) mass is 406 g/mol. The molecule has 0 spiro atoms. The molecular formula is C22H25Cl2FN2. The highest BCUT2D eigenvalue weighted by Crippen LogP contribution is 2.19. The van der Waals surface area contributed by atoms with Gasteiger partial charge >= 0.3 is 0 Å². The number of rotatable bonds is 7. The molecule has 0 bridgehead atoms. The molecule has 0 aliphatic rings. The van der Waals surface area contributed by atoms with E-state index in [-0.39, 0.29) is 36.7 Å². The van der Waals surface area contributed by atoms with Gasteiger partial charge in [0.15, 0.2) is 0 Å².